The first-order chi connectivity index (χ1) is 9.25. The summed E-state index contributed by atoms with van der Waals surface area (Å²) in [6.45, 7) is 0. The molecule has 96 valence electrons. The fourth-order valence-electron chi connectivity index (χ4n) is 2.46. The fourth-order valence-corrected chi connectivity index (χ4v) is 2.46. The minimum absolute atomic E-state index is 0.367. The zero-order chi connectivity index (χ0) is 13.3. The predicted octanol–water partition coefficient (Wildman–Crippen LogP) is 2.73. The van der Waals surface area contributed by atoms with Crippen LogP contribution in [0, 0.1) is 5.82 Å². The van der Waals surface area contributed by atoms with Crippen molar-refractivity contribution in [2.45, 2.75) is 24.8 Å². The van der Waals surface area contributed by atoms with E-state index >= 15 is 0 Å². The molecule has 0 N–H and O–H groups in total. The molecule has 1 fully saturated rings. The molecule has 0 saturated heterocycles. The van der Waals surface area contributed by atoms with Crippen molar-refractivity contribution < 1.29 is 9.18 Å². The molecule has 0 bridgehead atoms. The summed E-state index contributed by atoms with van der Waals surface area (Å²) in [6.07, 6.45) is 7.41. The van der Waals surface area contributed by atoms with Crippen LogP contribution < -0.4 is 0 Å². The van der Waals surface area contributed by atoms with Crippen molar-refractivity contribution in [2.24, 2.45) is 4.99 Å². The molecule has 1 aromatic carbocycles. The lowest BCUT2D eigenvalue weighted by Crippen LogP contribution is -2.32. The van der Waals surface area contributed by atoms with Crippen molar-refractivity contribution in [3.63, 3.8) is 0 Å². The molecule has 3 rings (SSSR count). The Hall–Kier alpha value is -2.26. The van der Waals surface area contributed by atoms with Crippen LogP contribution in [0.25, 0.3) is 5.69 Å². The van der Waals surface area contributed by atoms with Gasteiger partial charge in [-0.2, -0.15) is 10.1 Å². The second-order valence-electron chi connectivity index (χ2n) is 4.71. The van der Waals surface area contributed by atoms with Crippen LogP contribution in [0.3, 0.4) is 0 Å². The smallest absolute Gasteiger partial charge is 0.235 e. The lowest BCUT2D eigenvalue weighted by Gasteiger charge is -2.37. The third kappa shape index (κ3) is 1.88. The molecule has 4 nitrogen and oxygen atoms in total. The molecule has 0 radical (unpaired) electrons. The van der Waals surface area contributed by atoms with E-state index in [9.17, 15) is 9.18 Å². The number of benzene rings is 1. The molecule has 1 aliphatic carbocycles. The summed E-state index contributed by atoms with van der Waals surface area (Å²) in [6, 6.07) is 6.65. The quantitative estimate of drug-likeness (QED) is 0.627. The normalized spacial score (nSPS) is 16.5. The van der Waals surface area contributed by atoms with Crippen LogP contribution in [0.5, 0.6) is 0 Å². The molecule has 19 heavy (non-hydrogen) atoms. The van der Waals surface area contributed by atoms with Crippen LogP contribution in [0.15, 0.2) is 41.7 Å². The molecule has 1 saturated carbocycles. The molecule has 5 heteroatoms. The van der Waals surface area contributed by atoms with Gasteiger partial charge >= 0.3 is 0 Å². The average Bonchev–Trinajstić information content (AvgIpc) is 2.87. The standard InChI is InChI=1S/C14H12FN3O/c15-12-9-11(14(16-10-19)5-1-6-14)3-4-13(12)18-8-2-7-17-18/h2-4,7-9H,1,5-6H2. The van der Waals surface area contributed by atoms with Crippen LogP contribution in [0.1, 0.15) is 24.8 Å². The third-order valence-electron chi connectivity index (χ3n) is 3.68. The molecule has 1 aromatic heterocycles. The van der Waals surface area contributed by atoms with Crippen molar-refractivity contribution in [1.82, 2.24) is 9.78 Å². The molecule has 0 atom stereocenters. The molecular weight excluding hydrogens is 245 g/mol. The van der Waals surface area contributed by atoms with Gasteiger partial charge in [0.2, 0.25) is 6.08 Å². The Kier molecular flexibility index (Phi) is 2.76. The Morgan fingerprint density at radius 2 is 2.26 bits per heavy atom. The number of isocyanates is 1. The van der Waals surface area contributed by atoms with Gasteiger partial charge in [0.05, 0.1) is 5.54 Å². The van der Waals surface area contributed by atoms with Gasteiger partial charge in [0.25, 0.3) is 0 Å². The molecule has 1 heterocycles. The van der Waals surface area contributed by atoms with Gasteiger partial charge < -0.3 is 0 Å². The molecule has 2 aromatic rings. The second kappa shape index (κ2) is 4.44. The van der Waals surface area contributed by atoms with E-state index in [0.717, 1.165) is 24.8 Å². The average molecular weight is 257 g/mol. The second-order valence-corrected chi connectivity index (χ2v) is 4.71. The highest BCUT2D eigenvalue weighted by Gasteiger charge is 2.39. The first-order valence-electron chi connectivity index (χ1n) is 6.14. The van der Waals surface area contributed by atoms with Crippen LogP contribution in [0.2, 0.25) is 0 Å². The first kappa shape index (κ1) is 11.8. The molecule has 0 amide bonds. The lowest BCUT2D eigenvalue weighted by atomic mass is 9.72. The molecule has 1 aliphatic rings. The summed E-state index contributed by atoms with van der Waals surface area (Å²) in [4.78, 5) is 14.4. The number of halogens is 1. The van der Waals surface area contributed by atoms with Gasteiger partial charge in [-0.05, 0) is 43.0 Å². The Labute approximate surface area is 109 Å². The highest BCUT2D eigenvalue weighted by Crippen LogP contribution is 2.45. The Balaban J connectivity index is 2.02. The molecular formula is C14H12FN3O. The highest BCUT2D eigenvalue weighted by atomic mass is 19.1. The van der Waals surface area contributed by atoms with Crippen molar-refractivity contribution in [3.8, 4) is 5.69 Å². The monoisotopic (exact) mass is 257 g/mol. The summed E-state index contributed by atoms with van der Waals surface area (Å²) in [5, 5.41) is 4.00. The number of aromatic nitrogens is 2. The van der Waals surface area contributed by atoms with Gasteiger partial charge in [-0.25, -0.2) is 13.9 Å². The number of rotatable bonds is 3. The largest absolute Gasteiger partial charge is 0.238 e. The summed E-state index contributed by atoms with van der Waals surface area (Å²) in [7, 11) is 0. The predicted molar refractivity (Wildman–Crippen MR) is 67.2 cm³/mol. The number of nitrogens with zero attached hydrogens (tertiary/aromatic N) is 3. The third-order valence-corrected chi connectivity index (χ3v) is 3.68. The van der Waals surface area contributed by atoms with E-state index in [-0.39, 0.29) is 5.82 Å². The van der Waals surface area contributed by atoms with Crippen molar-refractivity contribution in [1.29, 1.82) is 0 Å². The van der Waals surface area contributed by atoms with Crippen molar-refractivity contribution in [2.75, 3.05) is 0 Å². The highest BCUT2D eigenvalue weighted by molar-refractivity contribution is 5.43. The van der Waals surface area contributed by atoms with Crippen LogP contribution in [-0.4, -0.2) is 15.9 Å². The molecule has 0 spiro atoms. The molecule has 0 unspecified atom stereocenters. The van der Waals surface area contributed by atoms with E-state index < -0.39 is 5.54 Å². The van der Waals surface area contributed by atoms with E-state index in [4.69, 9.17) is 0 Å². The van der Waals surface area contributed by atoms with E-state index in [1.54, 1.807) is 36.7 Å². The summed E-state index contributed by atoms with van der Waals surface area (Å²) < 4.78 is 15.6. The Morgan fingerprint density at radius 1 is 1.42 bits per heavy atom. The number of carbonyl (C=O) groups excluding carboxylic acids is 1. The number of hydrogen-bond donors (Lipinski definition) is 0. The minimum Gasteiger partial charge on any atom is -0.238 e. The number of hydrogen-bond acceptors (Lipinski definition) is 3. The Bertz CT molecular complexity index is 641. The van der Waals surface area contributed by atoms with E-state index in [0.29, 0.717) is 5.69 Å². The van der Waals surface area contributed by atoms with Crippen molar-refractivity contribution in [3.05, 3.63) is 48.0 Å². The van der Waals surface area contributed by atoms with Gasteiger partial charge in [-0.1, -0.05) is 6.07 Å². The maximum Gasteiger partial charge on any atom is 0.235 e. The zero-order valence-corrected chi connectivity index (χ0v) is 10.2. The maximum absolute atomic E-state index is 14.1. The van der Waals surface area contributed by atoms with Gasteiger partial charge in [-0.15, -0.1) is 0 Å². The number of aliphatic imine (C=N–C) groups is 1. The van der Waals surface area contributed by atoms with E-state index in [1.165, 1.54) is 10.7 Å². The van der Waals surface area contributed by atoms with Gasteiger partial charge in [0, 0.05) is 12.4 Å². The van der Waals surface area contributed by atoms with Crippen molar-refractivity contribution >= 4 is 6.08 Å². The first-order valence-corrected chi connectivity index (χ1v) is 6.14. The molecule has 0 aliphatic heterocycles. The van der Waals surface area contributed by atoms with Gasteiger partial charge in [-0.3, -0.25) is 0 Å². The SMILES string of the molecule is O=C=NC1(c2ccc(-n3cccn3)c(F)c2)CCC1. The maximum atomic E-state index is 14.1. The van der Waals surface area contributed by atoms with E-state index in [2.05, 4.69) is 10.1 Å². The van der Waals surface area contributed by atoms with E-state index in [1.807, 2.05) is 0 Å². The van der Waals surface area contributed by atoms with Crippen LogP contribution in [0.4, 0.5) is 4.39 Å². The van der Waals surface area contributed by atoms with Crippen LogP contribution in [-0.2, 0) is 10.3 Å². The van der Waals surface area contributed by atoms with Gasteiger partial charge in [0.15, 0.2) is 0 Å². The van der Waals surface area contributed by atoms with Gasteiger partial charge in [0.1, 0.15) is 11.5 Å². The minimum atomic E-state index is -0.564. The lowest BCUT2D eigenvalue weighted by molar-refractivity contribution is 0.255. The fraction of sp³-hybridized carbons (Fsp3) is 0.286. The summed E-state index contributed by atoms with van der Waals surface area (Å²) >= 11 is 0. The topological polar surface area (TPSA) is 47.2 Å². The summed E-state index contributed by atoms with van der Waals surface area (Å²) in [5.41, 5.74) is 0.555. The zero-order valence-electron chi connectivity index (χ0n) is 10.2. The summed E-state index contributed by atoms with van der Waals surface area (Å²) in [5.74, 6) is -0.367. The van der Waals surface area contributed by atoms with Crippen LogP contribution >= 0.6 is 0 Å². The Morgan fingerprint density at radius 3 is 2.79 bits per heavy atom.